The molecule has 2 aromatic rings. The van der Waals surface area contributed by atoms with Crippen molar-refractivity contribution in [3.05, 3.63) is 58.7 Å². The number of hydrogen-bond donors (Lipinski definition) is 1. The number of ether oxygens (including phenoxy) is 1. The first-order valence-corrected chi connectivity index (χ1v) is 10.1. The van der Waals surface area contributed by atoms with E-state index in [4.69, 9.17) is 4.74 Å². The van der Waals surface area contributed by atoms with Crippen LogP contribution in [0.25, 0.3) is 0 Å². The molecule has 0 bridgehead atoms. The first-order chi connectivity index (χ1) is 12.7. The molecule has 0 spiro atoms. The number of nitrogens with zero attached hydrogens (tertiary/aromatic N) is 1. The van der Waals surface area contributed by atoms with Crippen LogP contribution in [0.2, 0.25) is 0 Å². The van der Waals surface area contributed by atoms with Crippen molar-refractivity contribution in [1.29, 1.82) is 0 Å². The molecule has 0 aliphatic heterocycles. The Kier molecular flexibility index (Phi) is 6.62. The molecule has 0 unspecified atom stereocenters. The zero-order valence-electron chi connectivity index (χ0n) is 16.4. The van der Waals surface area contributed by atoms with Gasteiger partial charge in [-0.3, -0.25) is 4.79 Å². The van der Waals surface area contributed by atoms with E-state index in [-0.39, 0.29) is 10.8 Å². The highest BCUT2D eigenvalue weighted by Gasteiger charge is 2.21. The average Bonchev–Trinajstić information content (AvgIpc) is 2.64. The number of benzene rings is 2. The largest absolute Gasteiger partial charge is 0.491 e. The molecule has 7 heteroatoms. The SMILES string of the molecule is CNS(=O)(=O)c1cc(C(=O)N(C)CCOc2ccccc2C)cc(C)c1C. The molecule has 0 aliphatic rings. The molecular weight excluding hydrogens is 364 g/mol. The van der Waals surface area contributed by atoms with Crippen molar-refractivity contribution >= 4 is 15.9 Å². The van der Waals surface area contributed by atoms with Gasteiger partial charge < -0.3 is 9.64 Å². The molecule has 1 N–H and O–H groups in total. The second kappa shape index (κ2) is 8.54. The summed E-state index contributed by atoms with van der Waals surface area (Å²) in [4.78, 5) is 14.4. The van der Waals surface area contributed by atoms with E-state index in [1.54, 1.807) is 27.0 Å². The highest BCUT2D eigenvalue weighted by Crippen LogP contribution is 2.22. The Bertz CT molecular complexity index is 939. The molecular formula is C20H26N2O4S. The molecule has 0 aliphatic carbocycles. The van der Waals surface area contributed by atoms with E-state index in [9.17, 15) is 13.2 Å². The number of para-hydroxylation sites is 1. The summed E-state index contributed by atoms with van der Waals surface area (Å²) in [6.45, 7) is 6.21. The van der Waals surface area contributed by atoms with Gasteiger partial charge in [0.15, 0.2) is 0 Å². The van der Waals surface area contributed by atoms with E-state index in [0.29, 0.717) is 24.3 Å². The van der Waals surface area contributed by atoms with Gasteiger partial charge in [-0.2, -0.15) is 0 Å². The lowest BCUT2D eigenvalue weighted by atomic mass is 10.1. The summed E-state index contributed by atoms with van der Waals surface area (Å²) in [6.07, 6.45) is 0. The van der Waals surface area contributed by atoms with Gasteiger partial charge in [-0.15, -0.1) is 0 Å². The molecule has 2 aromatic carbocycles. The van der Waals surface area contributed by atoms with E-state index in [0.717, 1.165) is 16.9 Å². The van der Waals surface area contributed by atoms with Gasteiger partial charge in [0.05, 0.1) is 11.4 Å². The summed E-state index contributed by atoms with van der Waals surface area (Å²) in [5, 5.41) is 0. The minimum atomic E-state index is -3.64. The Labute approximate surface area is 161 Å². The van der Waals surface area contributed by atoms with Crippen LogP contribution in [0.3, 0.4) is 0 Å². The van der Waals surface area contributed by atoms with Crippen LogP contribution in [0.4, 0.5) is 0 Å². The van der Waals surface area contributed by atoms with Crippen LogP contribution in [-0.4, -0.2) is 46.5 Å². The summed E-state index contributed by atoms with van der Waals surface area (Å²) >= 11 is 0. The molecule has 27 heavy (non-hydrogen) atoms. The summed E-state index contributed by atoms with van der Waals surface area (Å²) in [5.74, 6) is 0.533. The van der Waals surface area contributed by atoms with Crippen LogP contribution in [0.1, 0.15) is 27.0 Å². The lowest BCUT2D eigenvalue weighted by molar-refractivity contribution is 0.0773. The normalized spacial score (nSPS) is 11.3. The standard InChI is InChI=1S/C20H26N2O4S/c1-14-8-6-7-9-18(14)26-11-10-22(5)20(23)17-12-15(2)16(3)19(13-17)27(24,25)21-4/h6-9,12-13,21H,10-11H2,1-5H3. The highest BCUT2D eigenvalue weighted by molar-refractivity contribution is 7.89. The molecule has 2 rings (SSSR count). The van der Waals surface area contributed by atoms with Gasteiger partial charge >= 0.3 is 0 Å². The second-order valence-corrected chi connectivity index (χ2v) is 8.32. The maximum absolute atomic E-state index is 12.7. The number of amides is 1. The summed E-state index contributed by atoms with van der Waals surface area (Å²) < 4.78 is 32.5. The molecule has 1 amide bonds. The van der Waals surface area contributed by atoms with Crippen molar-refractivity contribution in [3.8, 4) is 5.75 Å². The summed E-state index contributed by atoms with van der Waals surface area (Å²) in [6, 6.07) is 10.8. The third kappa shape index (κ3) is 4.87. The lowest BCUT2D eigenvalue weighted by Crippen LogP contribution is -2.31. The molecule has 0 heterocycles. The Morgan fingerprint density at radius 1 is 1.11 bits per heavy atom. The predicted octanol–water partition coefficient (Wildman–Crippen LogP) is 2.67. The predicted molar refractivity (Wildman–Crippen MR) is 106 cm³/mol. The number of carbonyl (C=O) groups excluding carboxylic acids is 1. The van der Waals surface area contributed by atoms with Gasteiger partial charge in [0.25, 0.3) is 5.91 Å². The van der Waals surface area contributed by atoms with Gasteiger partial charge in [0, 0.05) is 12.6 Å². The molecule has 6 nitrogen and oxygen atoms in total. The fourth-order valence-electron chi connectivity index (χ4n) is 2.67. The third-order valence-electron chi connectivity index (χ3n) is 4.55. The van der Waals surface area contributed by atoms with Crippen molar-refractivity contribution < 1.29 is 17.9 Å². The van der Waals surface area contributed by atoms with E-state index < -0.39 is 10.0 Å². The molecule has 146 valence electrons. The van der Waals surface area contributed by atoms with Gasteiger partial charge in [0.1, 0.15) is 12.4 Å². The maximum atomic E-state index is 12.7. The van der Waals surface area contributed by atoms with Crippen molar-refractivity contribution in [1.82, 2.24) is 9.62 Å². The maximum Gasteiger partial charge on any atom is 0.253 e. The molecule has 0 saturated heterocycles. The van der Waals surface area contributed by atoms with Gasteiger partial charge in [-0.25, -0.2) is 13.1 Å². The van der Waals surface area contributed by atoms with Crippen LogP contribution >= 0.6 is 0 Å². The Balaban J connectivity index is 2.13. The number of aryl methyl sites for hydroxylation is 2. The minimum absolute atomic E-state index is 0.123. The number of carbonyl (C=O) groups is 1. The molecule has 0 radical (unpaired) electrons. The Morgan fingerprint density at radius 3 is 2.41 bits per heavy atom. The molecule has 0 atom stereocenters. The average molecular weight is 391 g/mol. The van der Waals surface area contributed by atoms with Crippen molar-refractivity contribution in [2.75, 3.05) is 27.2 Å². The van der Waals surface area contributed by atoms with Crippen LogP contribution < -0.4 is 9.46 Å². The molecule has 0 aromatic heterocycles. The third-order valence-corrected chi connectivity index (χ3v) is 6.09. The van der Waals surface area contributed by atoms with Gasteiger partial charge in [-0.05, 0) is 62.7 Å². The van der Waals surface area contributed by atoms with Crippen molar-refractivity contribution in [2.45, 2.75) is 25.7 Å². The van der Waals surface area contributed by atoms with E-state index in [1.807, 2.05) is 31.2 Å². The van der Waals surface area contributed by atoms with Crippen LogP contribution in [-0.2, 0) is 10.0 Å². The van der Waals surface area contributed by atoms with E-state index in [1.165, 1.54) is 18.0 Å². The van der Waals surface area contributed by atoms with Crippen LogP contribution in [0.15, 0.2) is 41.3 Å². The fraction of sp³-hybridized carbons (Fsp3) is 0.350. The zero-order chi connectivity index (χ0) is 20.2. The number of rotatable bonds is 7. The Morgan fingerprint density at radius 2 is 1.78 bits per heavy atom. The minimum Gasteiger partial charge on any atom is -0.491 e. The first kappa shape index (κ1) is 20.9. The summed E-state index contributed by atoms with van der Waals surface area (Å²) in [5.41, 5.74) is 2.75. The van der Waals surface area contributed by atoms with E-state index >= 15 is 0 Å². The zero-order valence-corrected chi connectivity index (χ0v) is 17.2. The second-order valence-electron chi connectivity index (χ2n) is 6.46. The van der Waals surface area contributed by atoms with Crippen molar-refractivity contribution in [2.24, 2.45) is 0 Å². The number of likely N-dealkylation sites (N-methyl/N-ethyl adjacent to an activating group) is 1. The molecule has 0 saturated carbocycles. The smallest absolute Gasteiger partial charge is 0.253 e. The highest BCUT2D eigenvalue weighted by atomic mass is 32.2. The monoisotopic (exact) mass is 390 g/mol. The first-order valence-electron chi connectivity index (χ1n) is 8.66. The van der Waals surface area contributed by atoms with Crippen molar-refractivity contribution in [3.63, 3.8) is 0 Å². The van der Waals surface area contributed by atoms with Gasteiger partial charge in [-0.1, -0.05) is 18.2 Å². The van der Waals surface area contributed by atoms with Crippen LogP contribution in [0.5, 0.6) is 5.75 Å². The lowest BCUT2D eigenvalue weighted by Gasteiger charge is -2.19. The van der Waals surface area contributed by atoms with E-state index in [2.05, 4.69) is 4.72 Å². The Hall–Kier alpha value is -2.38. The summed E-state index contributed by atoms with van der Waals surface area (Å²) in [7, 11) is -0.610. The van der Waals surface area contributed by atoms with Gasteiger partial charge in [0.2, 0.25) is 10.0 Å². The molecule has 0 fully saturated rings. The number of nitrogens with one attached hydrogen (secondary N) is 1. The number of sulfonamides is 1. The quantitative estimate of drug-likeness (QED) is 0.789. The van der Waals surface area contributed by atoms with Crippen LogP contribution in [0, 0.1) is 20.8 Å². The number of hydrogen-bond acceptors (Lipinski definition) is 4. The fourth-order valence-corrected chi connectivity index (χ4v) is 3.74. The topological polar surface area (TPSA) is 75.7 Å².